The first-order chi connectivity index (χ1) is 15.9. The van der Waals surface area contributed by atoms with E-state index in [2.05, 4.69) is 15.9 Å². The Morgan fingerprint density at radius 2 is 1.24 bits per heavy atom. The highest BCUT2D eigenvalue weighted by Gasteiger charge is 2.13. The van der Waals surface area contributed by atoms with Crippen LogP contribution in [-0.2, 0) is 14.8 Å². The van der Waals surface area contributed by atoms with Gasteiger partial charge in [-0.25, -0.2) is 9.59 Å². The molecule has 0 unspecified atom stereocenters. The Hall–Kier alpha value is -1.38. The minimum absolute atomic E-state index is 0.285. The summed E-state index contributed by atoms with van der Waals surface area (Å²) in [4.78, 5) is 22.9. The second-order valence-electron chi connectivity index (χ2n) is 6.21. The van der Waals surface area contributed by atoms with Crippen molar-refractivity contribution in [3.8, 4) is 11.5 Å². The number of esters is 2. The van der Waals surface area contributed by atoms with Crippen LogP contribution in [0.1, 0.15) is 45.7 Å². The third kappa shape index (κ3) is 13.5. The van der Waals surface area contributed by atoms with Crippen molar-refractivity contribution in [2.75, 3.05) is 27.4 Å². The molecule has 0 bridgehead atoms. The van der Waals surface area contributed by atoms with Gasteiger partial charge in [0, 0.05) is 5.33 Å². The first kappa shape index (κ1) is 32.6. The first-order valence-electron chi connectivity index (χ1n) is 9.89. The molecule has 2 rings (SSSR count). The molecule has 0 radical (unpaired) electrons. The van der Waals surface area contributed by atoms with E-state index in [0.29, 0.717) is 29.7 Å². The summed E-state index contributed by atoms with van der Waals surface area (Å²) in [6, 6.07) is 10.6. The molecule has 0 N–H and O–H groups in total. The van der Waals surface area contributed by atoms with Gasteiger partial charge in [-0.3, -0.25) is 0 Å². The Balaban J connectivity index is 0.000000537. The maximum absolute atomic E-state index is 11.5. The zero-order valence-electron chi connectivity index (χ0n) is 19.4. The summed E-state index contributed by atoms with van der Waals surface area (Å²) in [6.45, 7) is 6.21. The van der Waals surface area contributed by atoms with Crippen LogP contribution in [0.2, 0.25) is 0 Å². The van der Waals surface area contributed by atoms with Gasteiger partial charge in [-0.15, -0.1) is 0 Å². The number of carbonyl (C=O) groups excluding carboxylic acids is 2. The van der Waals surface area contributed by atoms with Crippen LogP contribution in [-0.4, -0.2) is 42.6 Å². The fourth-order valence-electron chi connectivity index (χ4n) is 2.42. The van der Waals surface area contributed by atoms with E-state index in [0.717, 1.165) is 22.6 Å². The second-order valence-corrected chi connectivity index (χ2v) is 10.2. The largest absolute Gasteiger partial charge is 0.497 e. The van der Waals surface area contributed by atoms with E-state index in [1.807, 2.05) is 19.1 Å². The van der Waals surface area contributed by atoms with Gasteiger partial charge in [0.1, 0.15) is 11.5 Å². The van der Waals surface area contributed by atoms with E-state index < -0.39 is 3.25 Å². The number of rotatable bonds is 7. The van der Waals surface area contributed by atoms with Gasteiger partial charge in [-0.2, -0.15) is 0 Å². The van der Waals surface area contributed by atoms with Gasteiger partial charge in [0.05, 0.1) is 38.6 Å². The van der Waals surface area contributed by atoms with E-state index in [9.17, 15) is 9.59 Å². The fourth-order valence-corrected chi connectivity index (χ4v) is 2.88. The Labute approximate surface area is 228 Å². The Kier molecular flexibility index (Phi) is 16.4. The predicted octanol–water partition coefficient (Wildman–Crippen LogP) is 7.50. The van der Waals surface area contributed by atoms with Gasteiger partial charge in [-0.05, 0) is 68.3 Å². The summed E-state index contributed by atoms with van der Waals surface area (Å²) < 4.78 is 18.4. The number of halogens is 5. The molecule has 0 aliphatic carbocycles. The second kappa shape index (κ2) is 17.1. The molecule has 6 nitrogen and oxygen atoms in total. The molecular weight excluding hydrogens is 594 g/mol. The zero-order valence-corrected chi connectivity index (χ0v) is 24.0. The van der Waals surface area contributed by atoms with E-state index >= 15 is 0 Å². The lowest BCUT2D eigenvalue weighted by atomic mass is 10.1. The molecular formula is C23H27BrCl4O6. The summed E-state index contributed by atoms with van der Waals surface area (Å²) in [5.74, 6) is 0.898. The molecule has 0 aliphatic rings. The quantitative estimate of drug-likeness (QED) is 0.236. The third-order valence-electron chi connectivity index (χ3n) is 3.88. The van der Waals surface area contributed by atoms with Crippen molar-refractivity contribution in [1.29, 1.82) is 0 Å². The van der Waals surface area contributed by atoms with E-state index in [1.54, 1.807) is 52.3 Å². The highest BCUT2D eigenvalue weighted by molar-refractivity contribution is 9.08. The molecule has 2 aromatic carbocycles. The van der Waals surface area contributed by atoms with Crippen LogP contribution in [0.25, 0.3) is 0 Å². The fraction of sp³-hybridized carbons (Fsp3) is 0.391. The molecule has 0 amide bonds. The minimum atomic E-state index is -1.61. The number of hydrogen-bond donors (Lipinski definition) is 0. The SMILES string of the molecule is CCOC(=O)c1ccc(OC)cc1C.CCOC(=O)c1ccc(OC)cc1CBr.ClC(Cl)(Cl)Cl. The van der Waals surface area contributed by atoms with Gasteiger partial charge in [0.15, 0.2) is 0 Å². The molecule has 2 aromatic rings. The van der Waals surface area contributed by atoms with E-state index in [-0.39, 0.29) is 11.9 Å². The van der Waals surface area contributed by atoms with Crippen LogP contribution in [0.4, 0.5) is 0 Å². The summed E-state index contributed by atoms with van der Waals surface area (Å²) in [5.41, 5.74) is 2.90. The lowest BCUT2D eigenvalue weighted by molar-refractivity contribution is 0.0515. The topological polar surface area (TPSA) is 71.1 Å². The molecule has 0 aromatic heterocycles. The van der Waals surface area contributed by atoms with Crippen molar-refractivity contribution in [1.82, 2.24) is 0 Å². The standard InChI is InChI=1S/C11H13BrO3.C11H14O3.CCl4/c1-3-15-11(13)10-5-4-9(14-2)6-8(10)7-12;1-4-14-11(12)10-6-5-9(13-3)7-8(10)2;2-1(3,4)5/h4-6H,3,7H2,1-2H3;5-7H,4H2,1-3H3;. The van der Waals surface area contributed by atoms with Crippen molar-refractivity contribution < 1.29 is 28.5 Å². The number of alkyl halides is 5. The normalized spacial score (nSPS) is 10.1. The number of aryl methyl sites for hydroxylation is 1. The highest BCUT2D eigenvalue weighted by atomic mass is 79.9. The van der Waals surface area contributed by atoms with Gasteiger partial charge in [0.25, 0.3) is 3.25 Å². The van der Waals surface area contributed by atoms with Gasteiger partial charge >= 0.3 is 11.9 Å². The number of hydrogen-bond acceptors (Lipinski definition) is 6. The third-order valence-corrected chi connectivity index (χ3v) is 4.48. The van der Waals surface area contributed by atoms with Gasteiger partial charge < -0.3 is 18.9 Å². The van der Waals surface area contributed by atoms with Gasteiger partial charge in [0.2, 0.25) is 0 Å². The predicted molar refractivity (Wildman–Crippen MR) is 141 cm³/mol. The molecule has 0 saturated carbocycles. The molecule has 34 heavy (non-hydrogen) atoms. The highest BCUT2D eigenvalue weighted by Crippen LogP contribution is 2.29. The average Bonchev–Trinajstić information content (AvgIpc) is 2.78. The summed E-state index contributed by atoms with van der Waals surface area (Å²) in [6.07, 6.45) is 0. The van der Waals surface area contributed by atoms with E-state index in [4.69, 9.17) is 65.4 Å². The van der Waals surface area contributed by atoms with Crippen molar-refractivity contribution in [3.63, 3.8) is 0 Å². The maximum Gasteiger partial charge on any atom is 0.338 e. The van der Waals surface area contributed by atoms with Crippen molar-refractivity contribution in [2.45, 2.75) is 29.4 Å². The van der Waals surface area contributed by atoms with Crippen molar-refractivity contribution in [2.24, 2.45) is 0 Å². The number of methoxy groups -OCH3 is 2. The van der Waals surface area contributed by atoms with Crippen LogP contribution < -0.4 is 9.47 Å². The monoisotopic (exact) mass is 618 g/mol. The molecule has 0 fully saturated rings. The van der Waals surface area contributed by atoms with Crippen molar-refractivity contribution in [3.05, 3.63) is 58.7 Å². The molecule has 0 aliphatic heterocycles. The Bertz CT molecular complexity index is 913. The summed E-state index contributed by atoms with van der Waals surface area (Å²) in [7, 11) is 3.19. The van der Waals surface area contributed by atoms with E-state index in [1.165, 1.54) is 0 Å². The van der Waals surface area contributed by atoms with Crippen LogP contribution in [0.5, 0.6) is 11.5 Å². The average molecular weight is 621 g/mol. The molecule has 0 saturated heterocycles. The van der Waals surface area contributed by atoms with Gasteiger partial charge in [-0.1, -0.05) is 62.3 Å². The zero-order chi connectivity index (χ0) is 26.3. The first-order valence-corrected chi connectivity index (χ1v) is 12.5. The number of benzene rings is 2. The molecule has 0 atom stereocenters. The molecule has 0 spiro atoms. The maximum atomic E-state index is 11.5. The summed E-state index contributed by atoms with van der Waals surface area (Å²) >= 11 is 22.6. The Morgan fingerprint density at radius 1 is 0.824 bits per heavy atom. The lowest BCUT2D eigenvalue weighted by Gasteiger charge is -2.08. The lowest BCUT2D eigenvalue weighted by Crippen LogP contribution is -2.07. The Morgan fingerprint density at radius 3 is 1.62 bits per heavy atom. The molecule has 11 heteroatoms. The van der Waals surface area contributed by atoms with Crippen molar-refractivity contribution >= 4 is 74.3 Å². The summed E-state index contributed by atoms with van der Waals surface area (Å²) in [5, 5.41) is 0.596. The molecule has 190 valence electrons. The van der Waals surface area contributed by atoms with Crippen LogP contribution in [0.3, 0.4) is 0 Å². The smallest absolute Gasteiger partial charge is 0.338 e. The number of carbonyl (C=O) groups is 2. The van der Waals surface area contributed by atoms with Crippen LogP contribution in [0.15, 0.2) is 36.4 Å². The van der Waals surface area contributed by atoms with Crippen LogP contribution >= 0.6 is 62.3 Å². The number of ether oxygens (including phenoxy) is 4. The van der Waals surface area contributed by atoms with Crippen LogP contribution in [0, 0.1) is 6.92 Å². The molecule has 0 heterocycles. The minimum Gasteiger partial charge on any atom is -0.497 e.